The van der Waals surface area contributed by atoms with Crippen LogP contribution in [0.15, 0.2) is 17.2 Å². The molecule has 0 spiro atoms. The lowest BCUT2D eigenvalue weighted by atomic mass is 10.3. The quantitative estimate of drug-likeness (QED) is 0.433. The lowest BCUT2D eigenvalue weighted by molar-refractivity contribution is -0.138. The number of nitrogens with zero attached hydrogens (tertiary/aromatic N) is 1. The van der Waals surface area contributed by atoms with Crippen molar-refractivity contribution in [3.8, 4) is 0 Å². The molecule has 3 nitrogen and oxygen atoms in total. The third-order valence-electron chi connectivity index (χ3n) is 1.40. The number of rotatable bonds is 1. The van der Waals surface area contributed by atoms with Gasteiger partial charge in [0.25, 0.3) is 9.05 Å². The summed E-state index contributed by atoms with van der Waals surface area (Å²) >= 11 is 1.36. The predicted octanol–water partition coefficient (Wildman–Crippen LogP) is 2.63. The van der Waals surface area contributed by atoms with Crippen molar-refractivity contribution in [1.29, 1.82) is 0 Å². The van der Waals surface area contributed by atoms with Crippen LogP contribution >= 0.6 is 33.3 Å². The Morgan fingerprint density at radius 2 is 1.93 bits per heavy atom. The van der Waals surface area contributed by atoms with Gasteiger partial charge >= 0.3 is 6.18 Å². The van der Waals surface area contributed by atoms with Crippen LogP contribution in [0, 0.1) is 3.70 Å². The molecule has 0 unspecified atom stereocenters. The van der Waals surface area contributed by atoms with Crippen molar-refractivity contribution in [2.24, 2.45) is 0 Å². The van der Waals surface area contributed by atoms with Crippen LogP contribution in [0.2, 0.25) is 0 Å². The molecule has 0 N–H and O–H groups in total. The minimum atomic E-state index is -4.65. The van der Waals surface area contributed by atoms with Gasteiger partial charge in [0.2, 0.25) is 0 Å². The van der Waals surface area contributed by atoms with Gasteiger partial charge in [-0.2, -0.15) is 13.2 Å². The molecule has 1 rings (SSSR count). The molecule has 0 aliphatic heterocycles. The average Bonchev–Trinajstić information content (AvgIpc) is 2.00. The van der Waals surface area contributed by atoms with Gasteiger partial charge < -0.3 is 0 Å². The second kappa shape index (κ2) is 4.06. The SMILES string of the molecule is O=S(=O)(Cl)c1cnc(I)c(C(F)(F)F)c1. The van der Waals surface area contributed by atoms with E-state index in [9.17, 15) is 21.6 Å². The number of pyridine rings is 1. The maximum Gasteiger partial charge on any atom is 0.418 e. The largest absolute Gasteiger partial charge is 0.418 e. The fraction of sp³-hybridized carbons (Fsp3) is 0.167. The Morgan fingerprint density at radius 3 is 2.33 bits per heavy atom. The van der Waals surface area contributed by atoms with Gasteiger partial charge in [0, 0.05) is 16.9 Å². The molecule has 0 aliphatic carbocycles. The molecule has 0 atom stereocenters. The summed E-state index contributed by atoms with van der Waals surface area (Å²) < 4.78 is 58.2. The highest BCUT2D eigenvalue weighted by Crippen LogP contribution is 2.33. The third kappa shape index (κ3) is 3.18. The zero-order valence-electron chi connectivity index (χ0n) is 6.72. The zero-order valence-corrected chi connectivity index (χ0v) is 10.4. The van der Waals surface area contributed by atoms with Crippen LogP contribution in [0.3, 0.4) is 0 Å². The monoisotopic (exact) mass is 371 g/mol. The summed E-state index contributed by atoms with van der Waals surface area (Å²) in [5.74, 6) is 0. The minimum absolute atomic E-state index is 0.329. The van der Waals surface area contributed by atoms with Crippen LogP contribution < -0.4 is 0 Å². The highest BCUT2D eigenvalue weighted by atomic mass is 127. The molecular formula is C6H2ClF3INO2S. The molecule has 0 saturated carbocycles. The number of halogens is 5. The van der Waals surface area contributed by atoms with E-state index in [0.717, 1.165) is 6.20 Å². The maximum absolute atomic E-state index is 12.3. The molecule has 0 fully saturated rings. The zero-order chi connectivity index (χ0) is 11.9. The average molecular weight is 372 g/mol. The van der Waals surface area contributed by atoms with Crippen molar-refractivity contribution in [3.63, 3.8) is 0 Å². The van der Waals surface area contributed by atoms with Crippen LogP contribution in [-0.4, -0.2) is 13.4 Å². The van der Waals surface area contributed by atoms with E-state index >= 15 is 0 Å². The number of hydrogen-bond donors (Lipinski definition) is 0. The fourth-order valence-electron chi connectivity index (χ4n) is 0.761. The Balaban J connectivity index is 3.43. The van der Waals surface area contributed by atoms with E-state index in [1.54, 1.807) is 0 Å². The van der Waals surface area contributed by atoms with Crippen molar-refractivity contribution >= 4 is 42.3 Å². The van der Waals surface area contributed by atoms with Gasteiger partial charge in [-0.05, 0) is 28.7 Å². The predicted molar refractivity (Wildman–Crippen MR) is 55.0 cm³/mol. The van der Waals surface area contributed by atoms with Gasteiger partial charge in [-0.3, -0.25) is 0 Å². The number of alkyl halides is 3. The molecule has 15 heavy (non-hydrogen) atoms. The maximum atomic E-state index is 12.3. The van der Waals surface area contributed by atoms with Crippen molar-refractivity contribution in [2.75, 3.05) is 0 Å². The van der Waals surface area contributed by atoms with E-state index in [0.29, 0.717) is 6.07 Å². The van der Waals surface area contributed by atoms with Gasteiger partial charge in [0.05, 0.1) is 5.56 Å². The Kier molecular flexibility index (Phi) is 3.51. The van der Waals surface area contributed by atoms with Crippen molar-refractivity contribution in [1.82, 2.24) is 4.98 Å². The molecule has 1 heterocycles. The van der Waals surface area contributed by atoms with Gasteiger partial charge in [-0.15, -0.1) is 0 Å². The van der Waals surface area contributed by atoms with E-state index in [2.05, 4.69) is 4.98 Å². The summed E-state index contributed by atoms with van der Waals surface area (Å²) in [6, 6.07) is 0.455. The lowest BCUT2D eigenvalue weighted by Gasteiger charge is -2.08. The molecule has 0 saturated heterocycles. The summed E-state index contributed by atoms with van der Waals surface area (Å²) in [7, 11) is 0.699. The topological polar surface area (TPSA) is 47.0 Å². The summed E-state index contributed by atoms with van der Waals surface area (Å²) in [4.78, 5) is 2.65. The van der Waals surface area contributed by atoms with Crippen LogP contribution in [0.5, 0.6) is 0 Å². The summed E-state index contributed by atoms with van der Waals surface area (Å²) in [5.41, 5.74) is -1.12. The van der Waals surface area contributed by atoms with Gasteiger partial charge in [-0.25, -0.2) is 13.4 Å². The molecule has 0 aromatic carbocycles. The van der Waals surface area contributed by atoms with E-state index in [4.69, 9.17) is 10.7 Å². The highest BCUT2D eigenvalue weighted by molar-refractivity contribution is 14.1. The molecule has 0 amide bonds. The molecule has 0 bridgehead atoms. The first-order chi connectivity index (χ1) is 6.62. The van der Waals surface area contributed by atoms with Gasteiger partial charge in [0.15, 0.2) is 0 Å². The Hall–Kier alpha value is -0.0900. The van der Waals surface area contributed by atoms with E-state index < -0.39 is 25.7 Å². The smallest absolute Gasteiger partial charge is 0.248 e. The number of aromatic nitrogens is 1. The molecule has 0 aliphatic rings. The summed E-state index contributed by atoms with van der Waals surface area (Å²) in [6.07, 6.45) is -3.87. The molecule has 84 valence electrons. The second-order valence-corrected chi connectivity index (χ2v) is 6.03. The van der Waals surface area contributed by atoms with Crippen LogP contribution in [0.25, 0.3) is 0 Å². The first-order valence-corrected chi connectivity index (χ1v) is 6.68. The van der Waals surface area contributed by atoms with Gasteiger partial charge in [0.1, 0.15) is 8.60 Å². The Bertz CT molecular complexity index is 488. The lowest BCUT2D eigenvalue weighted by Crippen LogP contribution is -2.10. The first kappa shape index (κ1) is 13.0. The van der Waals surface area contributed by atoms with Crippen molar-refractivity contribution in [3.05, 3.63) is 21.5 Å². The normalized spacial score (nSPS) is 12.9. The number of hydrogen-bond acceptors (Lipinski definition) is 3. The fourth-order valence-corrected chi connectivity index (χ4v) is 2.05. The third-order valence-corrected chi connectivity index (χ3v) is 3.58. The first-order valence-electron chi connectivity index (χ1n) is 3.30. The highest BCUT2D eigenvalue weighted by Gasteiger charge is 2.34. The molecule has 0 radical (unpaired) electrons. The van der Waals surface area contributed by atoms with Crippen LogP contribution in [0.1, 0.15) is 5.56 Å². The Morgan fingerprint density at radius 1 is 1.40 bits per heavy atom. The standard InChI is InChI=1S/C6H2ClF3INO2S/c7-15(13,14)3-1-4(6(8,9)10)5(11)12-2-3/h1-2H. The van der Waals surface area contributed by atoms with Crippen molar-refractivity contribution in [2.45, 2.75) is 11.1 Å². The summed E-state index contributed by atoms with van der Waals surface area (Å²) in [5, 5.41) is 0. The second-order valence-electron chi connectivity index (χ2n) is 2.44. The van der Waals surface area contributed by atoms with Gasteiger partial charge in [-0.1, -0.05) is 0 Å². The van der Waals surface area contributed by atoms with Crippen LogP contribution in [0.4, 0.5) is 13.2 Å². The van der Waals surface area contributed by atoms with E-state index in [1.807, 2.05) is 0 Å². The molecule has 1 aromatic rings. The summed E-state index contributed by atoms with van der Waals surface area (Å²) in [6.45, 7) is 0. The Labute approximate surface area is 101 Å². The molecular weight excluding hydrogens is 369 g/mol. The minimum Gasteiger partial charge on any atom is -0.248 e. The van der Waals surface area contributed by atoms with E-state index in [1.165, 1.54) is 22.6 Å². The van der Waals surface area contributed by atoms with Crippen molar-refractivity contribution < 1.29 is 21.6 Å². The van der Waals surface area contributed by atoms with Crippen LogP contribution in [-0.2, 0) is 15.2 Å². The van der Waals surface area contributed by atoms with E-state index in [-0.39, 0.29) is 3.70 Å². The molecule has 1 aromatic heterocycles. The molecule has 9 heteroatoms.